The average molecular weight is 283 g/mol. The first kappa shape index (κ1) is 14.1. The summed E-state index contributed by atoms with van der Waals surface area (Å²) in [5.74, 6) is -0.576. The molecule has 1 heterocycles. The fraction of sp³-hybridized carbons (Fsp3) is 0.231. The molecule has 7 heteroatoms. The van der Waals surface area contributed by atoms with Crippen molar-refractivity contribution in [2.24, 2.45) is 0 Å². The van der Waals surface area contributed by atoms with Crippen LogP contribution in [-0.2, 0) is 12.7 Å². The van der Waals surface area contributed by atoms with Gasteiger partial charge in [0.1, 0.15) is 5.69 Å². The Morgan fingerprint density at radius 3 is 2.65 bits per heavy atom. The number of nitrogen functional groups attached to an aromatic ring is 1. The first-order chi connectivity index (χ1) is 9.34. The molecule has 4 nitrogen and oxygen atoms in total. The second-order valence-electron chi connectivity index (χ2n) is 4.16. The summed E-state index contributed by atoms with van der Waals surface area (Å²) in [5, 5.41) is 3.91. The third-order valence-corrected chi connectivity index (χ3v) is 2.87. The Bertz CT molecular complexity index is 647. The van der Waals surface area contributed by atoms with E-state index >= 15 is 0 Å². The van der Waals surface area contributed by atoms with Crippen LogP contribution < -0.4 is 5.73 Å². The highest BCUT2D eigenvalue weighted by Gasteiger charge is 2.32. The van der Waals surface area contributed by atoms with Crippen LogP contribution in [0.25, 0.3) is 0 Å². The lowest BCUT2D eigenvalue weighted by Crippen LogP contribution is -2.14. The molecule has 1 aromatic heterocycles. The van der Waals surface area contributed by atoms with E-state index < -0.39 is 17.5 Å². The Morgan fingerprint density at radius 2 is 2.05 bits per heavy atom. The summed E-state index contributed by atoms with van der Waals surface area (Å²) in [4.78, 5) is 12.3. The number of benzene rings is 1. The zero-order valence-electron chi connectivity index (χ0n) is 10.6. The largest absolute Gasteiger partial charge is 0.416 e. The van der Waals surface area contributed by atoms with Gasteiger partial charge in [0.25, 0.3) is 0 Å². The molecule has 0 aliphatic heterocycles. The van der Waals surface area contributed by atoms with Crippen molar-refractivity contribution in [3.63, 3.8) is 0 Å². The number of anilines is 1. The van der Waals surface area contributed by atoms with Gasteiger partial charge in [-0.15, -0.1) is 0 Å². The lowest BCUT2D eigenvalue weighted by atomic mass is 10.0. The number of hydrogen-bond donors (Lipinski definition) is 1. The second kappa shape index (κ2) is 4.99. The Morgan fingerprint density at radius 1 is 1.35 bits per heavy atom. The van der Waals surface area contributed by atoms with E-state index in [4.69, 9.17) is 5.73 Å². The molecule has 0 aliphatic carbocycles. The minimum absolute atomic E-state index is 0.00635. The fourth-order valence-corrected chi connectivity index (χ4v) is 1.84. The first-order valence-electron chi connectivity index (χ1n) is 5.87. The van der Waals surface area contributed by atoms with Crippen LogP contribution in [0.3, 0.4) is 0 Å². The predicted molar refractivity (Wildman–Crippen MR) is 67.2 cm³/mol. The topological polar surface area (TPSA) is 60.9 Å². The van der Waals surface area contributed by atoms with Crippen molar-refractivity contribution in [2.75, 3.05) is 5.73 Å². The summed E-state index contributed by atoms with van der Waals surface area (Å²) >= 11 is 0. The van der Waals surface area contributed by atoms with Crippen molar-refractivity contribution in [1.82, 2.24) is 9.78 Å². The van der Waals surface area contributed by atoms with Gasteiger partial charge in [0.2, 0.25) is 5.78 Å². The van der Waals surface area contributed by atoms with E-state index in [2.05, 4.69) is 5.10 Å². The van der Waals surface area contributed by atoms with Crippen molar-refractivity contribution in [2.45, 2.75) is 19.6 Å². The molecule has 20 heavy (non-hydrogen) atoms. The zero-order valence-corrected chi connectivity index (χ0v) is 10.6. The molecule has 0 radical (unpaired) electrons. The third-order valence-electron chi connectivity index (χ3n) is 2.87. The molecule has 2 N–H and O–H groups in total. The van der Waals surface area contributed by atoms with Gasteiger partial charge in [-0.3, -0.25) is 9.48 Å². The quantitative estimate of drug-likeness (QED) is 0.696. The maximum Gasteiger partial charge on any atom is 0.416 e. The highest BCUT2D eigenvalue weighted by molar-refractivity contribution is 6.11. The van der Waals surface area contributed by atoms with Crippen molar-refractivity contribution in [3.05, 3.63) is 47.3 Å². The minimum Gasteiger partial charge on any atom is -0.398 e. The number of nitrogens with two attached hydrogens (primary N) is 1. The molecular weight excluding hydrogens is 271 g/mol. The molecule has 0 saturated carbocycles. The van der Waals surface area contributed by atoms with Gasteiger partial charge in [0.05, 0.1) is 5.56 Å². The van der Waals surface area contributed by atoms with Gasteiger partial charge < -0.3 is 5.73 Å². The van der Waals surface area contributed by atoms with Crippen LogP contribution in [0.4, 0.5) is 18.9 Å². The molecule has 0 spiro atoms. The summed E-state index contributed by atoms with van der Waals surface area (Å²) < 4.78 is 39.4. The molecule has 0 atom stereocenters. The molecule has 0 fully saturated rings. The van der Waals surface area contributed by atoms with Crippen LogP contribution in [0.2, 0.25) is 0 Å². The van der Waals surface area contributed by atoms with Crippen LogP contribution >= 0.6 is 0 Å². The van der Waals surface area contributed by atoms with Gasteiger partial charge >= 0.3 is 6.18 Å². The van der Waals surface area contributed by atoms with E-state index in [1.807, 2.05) is 0 Å². The lowest BCUT2D eigenvalue weighted by molar-refractivity contribution is -0.137. The number of rotatable bonds is 3. The van der Waals surface area contributed by atoms with E-state index in [9.17, 15) is 18.0 Å². The van der Waals surface area contributed by atoms with Crippen LogP contribution in [-0.4, -0.2) is 15.6 Å². The maximum atomic E-state index is 12.7. The summed E-state index contributed by atoms with van der Waals surface area (Å²) in [6.45, 7) is 2.21. The molecule has 2 aromatic rings. The average Bonchev–Trinajstić information content (AvgIpc) is 2.85. The van der Waals surface area contributed by atoms with Gasteiger partial charge in [-0.2, -0.15) is 18.3 Å². The Balaban J connectivity index is 2.50. The number of carbonyl (C=O) groups excluding carboxylic acids is 1. The van der Waals surface area contributed by atoms with E-state index in [0.29, 0.717) is 6.54 Å². The highest BCUT2D eigenvalue weighted by atomic mass is 19.4. The number of aryl methyl sites for hydroxylation is 1. The number of ketones is 1. The Labute approximate surface area is 113 Å². The van der Waals surface area contributed by atoms with Crippen LogP contribution in [0, 0.1) is 0 Å². The van der Waals surface area contributed by atoms with Gasteiger partial charge in [0.15, 0.2) is 0 Å². The summed E-state index contributed by atoms with van der Waals surface area (Å²) in [6.07, 6.45) is -3.10. The summed E-state index contributed by atoms with van der Waals surface area (Å²) in [7, 11) is 0. The lowest BCUT2D eigenvalue weighted by Gasteiger charge is -2.11. The summed E-state index contributed by atoms with van der Waals surface area (Å²) in [6, 6.07) is 4.15. The number of hydrogen-bond acceptors (Lipinski definition) is 3. The SMILES string of the molecule is CCn1nccc1C(=O)c1cc(C(F)(F)F)ccc1N. The third kappa shape index (κ3) is 2.52. The molecule has 0 unspecified atom stereocenters. The molecule has 2 rings (SSSR count). The minimum atomic E-state index is -4.52. The van der Waals surface area contributed by atoms with Crippen molar-refractivity contribution in [3.8, 4) is 0 Å². The highest BCUT2D eigenvalue weighted by Crippen LogP contribution is 2.31. The van der Waals surface area contributed by atoms with E-state index in [1.54, 1.807) is 6.92 Å². The number of carbonyl (C=O) groups is 1. The van der Waals surface area contributed by atoms with Crippen LogP contribution in [0.1, 0.15) is 28.5 Å². The Kier molecular flexibility index (Phi) is 3.52. The van der Waals surface area contributed by atoms with Crippen molar-refractivity contribution >= 4 is 11.5 Å². The van der Waals surface area contributed by atoms with Crippen molar-refractivity contribution < 1.29 is 18.0 Å². The van der Waals surface area contributed by atoms with Crippen LogP contribution in [0.5, 0.6) is 0 Å². The molecule has 106 valence electrons. The molecule has 0 aliphatic rings. The van der Waals surface area contributed by atoms with Gasteiger partial charge in [0, 0.05) is 24.0 Å². The molecule has 0 bridgehead atoms. The molecule has 0 saturated heterocycles. The van der Waals surface area contributed by atoms with Gasteiger partial charge in [-0.05, 0) is 31.2 Å². The number of aromatic nitrogens is 2. The monoisotopic (exact) mass is 283 g/mol. The summed E-state index contributed by atoms with van der Waals surface area (Å²) in [5.41, 5.74) is 4.75. The van der Waals surface area contributed by atoms with E-state index in [-0.39, 0.29) is 16.9 Å². The first-order valence-corrected chi connectivity index (χ1v) is 5.87. The number of nitrogens with zero attached hydrogens (tertiary/aromatic N) is 2. The molecule has 0 amide bonds. The fourth-order valence-electron chi connectivity index (χ4n) is 1.84. The number of halogens is 3. The second-order valence-corrected chi connectivity index (χ2v) is 4.16. The van der Waals surface area contributed by atoms with Crippen LogP contribution in [0.15, 0.2) is 30.5 Å². The standard InChI is InChI=1S/C13H12F3N3O/c1-2-19-11(5-6-18-19)12(20)9-7-8(13(14,15)16)3-4-10(9)17/h3-7H,2,17H2,1H3. The van der Waals surface area contributed by atoms with E-state index in [0.717, 1.165) is 18.2 Å². The molecular formula is C13H12F3N3O. The maximum absolute atomic E-state index is 12.7. The van der Waals surface area contributed by atoms with Crippen molar-refractivity contribution in [1.29, 1.82) is 0 Å². The number of alkyl halides is 3. The smallest absolute Gasteiger partial charge is 0.398 e. The molecule has 1 aromatic carbocycles. The zero-order chi connectivity index (χ0) is 14.9. The van der Waals surface area contributed by atoms with E-state index in [1.165, 1.54) is 16.9 Å². The predicted octanol–water partition coefficient (Wildman–Crippen LogP) is 2.74. The van der Waals surface area contributed by atoms with Gasteiger partial charge in [-0.25, -0.2) is 0 Å². The van der Waals surface area contributed by atoms with Gasteiger partial charge in [-0.1, -0.05) is 0 Å². The normalized spacial score (nSPS) is 11.6. The Hall–Kier alpha value is -2.31.